The Morgan fingerprint density at radius 3 is 2.31 bits per heavy atom. The molecular formula is C14H23NO. The highest BCUT2D eigenvalue weighted by Gasteiger charge is 2.21. The molecule has 90 valence electrons. The largest absolute Gasteiger partial charge is 0.496 e. The molecular weight excluding hydrogens is 198 g/mol. The van der Waals surface area contributed by atoms with Crippen molar-refractivity contribution >= 4 is 0 Å². The summed E-state index contributed by atoms with van der Waals surface area (Å²) in [5.41, 5.74) is 1.27. The van der Waals surface area contributed by atoms with Gasteiger partial charge in [-0.15, -0.1) is 0 Å². The summed E-state index contributed by atoms with van der Waals surface area (Å²) in [6.45, 7) is 4.49. The summed E-state index contributed by atoms with van der Waals surface area (Å²) in [6, 6.07) is 8.65. The van der Waals surface area contributed by atoms with Gasteiger partial charge in [-0.05, 0) is 19.0 Å². The van der Waals surface area contributed by atoms with Gasteiger partial charge in [-0.25, -0.2) is 0 Å². The van der Waals surface area contributed by atoms with Gasteiger partial charge in [-0.2, -0.15) is 0 Å². The van der Waals surface area contributed by atoms with Crippen LogP contribution in [-0.4, -0.2) is 14.2 Å². The predicted molar refractivity (Wildman–Crippen MR) is 68.9 cm³/mol. The fourth-order valence-corrected chi connectivity index (χ4v) is 2.33. The first-order chi connectivity index (χ1) is 7.78. The molecule has 0 aliphatic heterocycles. The van der Waals surface area contributed by atoms with E-state index in [1.807, 2.05) is 19.2 Å². The first-order valence-corrected chi connectivity index (χ1v) is 6.08. The molecule has 1 rings (SSSR count). The van der Waals surface area contributed by atoms with Crippen molar-refractivity contribution < 1.29 is 4.74 Å². The molecule has 0 spiro atoms. The molecule has 0 bridgehead atoms. The first-order valence-electron chi connectivity index (χ1n) is 6.08. The molecule has 0 aromatic heterocycles. The maximum atomic E-state index is 5.43. The van der Waals surface area contributed by atoms with Crippen molar-refractivity contribution in [3.05, 3.63) is 29.8 Å². The van der Waals surface area contributed by atoms with Crippen LogP contribution in [0.5, 0.6) is 5.75 Å². The summed E-state index contributed by atoms with van der Waals surface area (Å²) in [4.78, 5) is 0. The standard InChI is InChI=1S/C14H23NO/c1-5-11(6-2)14(15-3)12-9-7-8-10-13(12)16-4/h7-11,14-15H,5-6H2,1-4H3. The molecule has 0 aliphatic carbocycles. The highest BCUT2D eigenvalue weighted by molar-refractivity contribution is 5.36. The lowest BCUT2D eigenvalue weighted by atomic mass is 9.88. The Balaban J connectivity index is 3.02. The number of ether oxygens (including phenoxy) is 1. The fraction of sp³-hybridized carbons (Fsp3) is 0.571. The topological polar surface area (TPSA) is 21.3 Å². The third kappa shape index (κ3) is 2.76. The number of benzene rings is 1. The zero-order valence-corrected chi connectivity index (χ0v) is 10.8. The summed E-state index contributed by atoms with van der Waals surface area (Å²) >= 11 is 0. The van der Waals surface area contributed by atoms with E-state index < -0.39 is 0 Å². The lowest BCUT2D eigenvalue weighted by molar-refractivity contribution is 0.340. The minimum atomic E-state index is 0.381. The SMILES string of the molecule is CCC(CC)C(NC)c1ccccc1OC. The Morgan fingerprint density at radius 1 is 1.19 bits per heavy atom. The molecule has 1 aromatic rings. The molecule has 1 aromatic carbocycles. The van der Waals surface area contributed by atoms with Gasteiger partial charge in [-0.1, -0.05) is 44.9 Å². The van der Waals surface area contributed by atoms with E-state index in [9.17, 15) is 0 Å². The monoisotopic (exact) mass is 221 g/mol. The van der Waals surface area contributed by atoms with Gasteiger partial charge in [0.2, 0.25) is 0 Å². The second-order valence-electron chi connectivity index (χ2n) is 4.08. The quantitative estimate of drug-likeness (QED) is 0.795. The maximum absolute atomic E-state index is 5.43. The molecule has 0 amide bonds. The molecule has 0 saturated heterocycles. The van der Waals surface area contributed by atoms with Crippen LogP contribution in [0.2, 0.25) is 0 Å². The van der Waals surface area contributed by atoms with Gasteiger partial charge in [0.25, 0.3) is 0 Å². The van der Waals surface area contributed by atoms with Crippen LogP contribution >= 0.6 is 0 Å². The lowest BCUT2D eigenvalue weighted by Gasteiger charge is -2.26. The van der Waals surface area contributed by atoms with E-state index in [0.29, 0.717) is 12.0 Å². The molecule has 2 nitrogen and oxygen atoms in total. The van der Waals surface area contributed by atoms with Crippen LogP contribution in [0.25, 0.3) is 0 Å². The minimum absolute atomic E-state index is 0.381. The van der Waals surface area contributed by atoms with Gasteiger partial charge in [-0.3, -0.25) is 0 Å². The van der Waals surface area contributed by atoms with E-state index in [4.69, 9.17) is 4.74 Å². The molecule has 16 heavy (non-hydrogen) atoms. The van der Waals surface area contributed by atoms with Crippen molar-refractivity contribution in [2.45, 2.75) is 32.7 Å². The van der Waals surface area contributed by atoms with Gasteiger partial charge >= 0.3 is 0 Å². The van der Waals surface area contributed by atoms with Crippen LogP contribution < -0.4 is 10.1 Å². The molecule has 0 aliphatic rings. The highest BCUT2D eigenvalue weighted by Crippen LogP contribution is 2.32. The molecule has 1 N–H and O–H groups in total. The summed E-state index contributed by atoms with van der Waals surface area (Å²) in [6.07, 6.45) is 2.36. The van der Waals surface area contributed by atoms with Gasteiger partial charge in [0.15, 0.2) is 0 Å². The van der Waals surface area contributed by atoms with E-state index >= 15 is 0 Å². The zero-order valence-electron chi connectivity index (χ0n) is 10.8. The number of para-hydroxylation sites is 1. The second-order valence-corrected chi connectivity index (χ2v) is 4.08. The fourth-order valence-electron chi connectivity index (χ4n) is 2.33. The molecule has 0 heterocycles. The lowest BCUT2D eigenvalue weighted by Crippen LogP contribution is -2.25. The van der Waals surface area contributed by atoms with E-state index in [2.05, 4.69) is 31.3 Å². The van der Waals surface area contributed by atoms with E-state index in [-0.39, 0.29) is 0 Å². The second kappa shape index (κ2) is 6.54. The highest BCUT2D eigenvalue weighted by atomic mass is 16.5. The molecule has 1 unspecified atom stereocenters. The van der Waals surface area contributed by atoms with Gasteiger partial charge in [0, 0.05) is 11.6 Å². The zero-order chi connectivity index (χ0) is 12.0. The van der Waals surface area contributed by atoms with Gasteiger partial charge < -0.3 is 10.1 Å². The number of hydrogen-bond acceptors (Lipinski definition) is 2. The summed E-state index contributed by atoms with van der Waals surface area (Å²) in [5.74, 6) is 1.63. The molecule has 1 atom stereocenters. The summed E-state index contributed by atoms with van der Waals surface area (Å²) < 4.78 is 5.43. The smallest absolute Gasteiger partial charge is 0.123 e. The molecule has 0 radical (unpaired) electrons. The Hall–Kier alpha value is -1.02. The average Bonchev–Trinajstić information content (AvgIpc) is 2.35. The van der Waals surface area contributed by atoms with Crippen molar-refractivity contribution in [3.63, 3.8) is 0 Å². The third-order valence-corrected chi connectivity index (χ3v) is 3.31. The number of rotatable bonds is 6. The van der Waals surface area contributed by atoms with Crippen molar-refractivity contribution in [3.8, 4) is 5.75 Å². The third-order valence-electron chi connectivity index (χ3n) is 3.31. The van der Waals surface area contributed by atoms with Crippen LogP contribution in [0, 0.1) is 5.92 Å². The van der Waals surface area contributed by atoms with Crippen LogP contribution in [0.4, 0.5) is 0 Å². The molecule has 0 fully saturated rings. The van der Waals surface area contributed by atoms with Crippen LogP contribution in [0.1, 0.15) is 38.3 Å². The van der Waals surface area contributed by atoms with Crippen LogP contribution in [-0.2, 0) is 0 Å². The van der Waals surface area contributed by atoms with E-state index in [0.717, 1.165) is 5.75 Å². The number of nitrogens with one attached hydrogen (secondary N) is 1. The molecule has 2 heteroatoms. The Labute approximate surface area is 99.0 Å². The Bertz CT molecular complexity index is 307. The summed E-state index contributed by atoms with van der Waals surface area (Å²) in [5, 5.41) is 3.42. The van der Waals surface area contributed by atoms with Gasteiger partial charge in [0.1, 0.15) is 5.75 Å². The average molecular weight is 221 g/mol. The number of hydrogen-bond donors (Lipinski definition) is 1. The van der Waals surface area contributed by atoms with E-state index in [1.165, 1.54) is 18.4 Å². The van der Waals surface area contributed by atoms with Crippen LogP contribution in [0.15, 0.2) is 24.3 Å². The van der Waals surface area contributed by atoms with Gasteiger partial charge in [0.05, 0.1) is 7.11 Å². The number of methoxy groups -OCH3 is 1. The molecule has 0 saturated carbocycles. The summed E-state index contributed by atoms with van der Waals surface area (Å²) in [7, 11) is 3.76. The Kier molecular flexibility index (Phi) is 5.33. The van der Waals surface area contributed by atoms with Crippen molar-refractivity contribution in [1.29, 1.82) is 0 Å². The first kappa shape index (κ1) is 13.0. The van der Waals surface area contributed by atoms with E-state index in [1.54, 1.807) is 7.11 Å². The normalized spacial score (nSPS) is 12.8. The predicted octanol–water partition coefficient (Wildman–Crippen LogP) is 3.39. The van der Waals surface area contributed by atoms with Crippen molar-refractivity contribution in [1.82, 2.24) is 5.32 Å². The maximum Gasteiger partial charge on any atom is 0.123 e. The van der Waals surface area contributed by atoms with Crippen molar-refractivity contribution in [2.24, 2.45) is 5.92 Å². The van der Waals surface area contributed by atoms with Crippen molar-refractivity contribution in [2.75, 3.05) is 14.2 Å². The van der Waals surface area contributed by atoms with Crippen LogP contribution in [0.3, 0.4) is 0 Å². The Morgan fingerprint density at radius 2 is 1.81 bits per heavy atom. The minimum Gasteiger partial charge on any atom is -0.496 e.